The van der Waals surface area contributed by atoms with E-state index in [1.807, 2.05) is 11.9 Å². The Bertz CT molecular complexity index is 453. The predicted octanol–water partition coefficient (Wildman–Crippen LogP) is 3.05. The third kappa shape index (κ3) is 4.03. The van der Waals surface area contributed by atoms with E-state index >= 15 is 0 Å². The zero-order valence-electron chi connectivity index (χ0n) is 11.7. The van der Waals surface area contributed by atoms with Crippen molar-refractivity contribution in [3.05, 3.63) is 34.1 Å². The second-order valence-electron chi connectivity index (χ2n) is 5.29. The summed E-state index contributed by atoms with van der Waals surface area (Å²) in [5, 5.41) is 3.16. The lowest BCUT2D eigenvalue weighted by molar-refractivity contribution is 0.0686. The van der Waals surface area contributed by atoms with E-state index in [1.165, 1.54) is 12.1 Å². The van der Waals surface area contributed by atoms with Gasteiger partial charge in [0.05, 0.1) is 0 Å². The van der Waals surface area contributed by atoms with Crippen LogP contribution in [0.1, 0.15) is 29.6 Å². The molecule has 1 aliphatic rings. The van der Waals surface area contributed by atoms with Gasteiger partial charge in [0, 0.05) is 23.1 Å². The van der Waals surface area contributed by atoms with E-state index in [0.29, 0.717) is 16.0 Å². The number of carbonyl (C=O) groups excluding carboxylic acids is 1. The van der Waals surface area contributed by atoms with Crippen molar-refractivity contribution < 1.29 is 9.18 Å². The van der Waals surface area contributed by atoms with Crippen LogP contribution in [0.2, 0.25) is 0 Å². The molecule has 1 aromatic rings. The van der Waals surface area contributed by atoms with E-state index in [-0.39, 0.29) is 11.7 Å². The van der Waals surface area contributed by atoms with E-state index in [1.54, 1.807) is 6.07 Å². The van der Waals surface area contributed by atoms with Gasteiger partial charge in [-0.3, -0.25) is 4.79 Å². The molecule has 0 aliphatic carbocycles. The zero-order chi connectivity index (χ0) is 14.5. The first-order valence-electron chi connectivity index (χ1n) is 7.00. The van der Waals surface area contributed by atoms with Gasteiger partial charge in [0.2, 0.25) is 0 Å². The molecule has 1 aromatic carbocycles. The van der Waals surface area contributed by atoms with Crippen LogP contribution in [0.3, 0.4) is 0 Å². The highest BCUT2D eigenvalue weighted by atomic mass is 79.9. The molecule has 0 unspecified atom stereocenters. The van der Waals surface area contributed by atoms with Crippen LogP contribution in [0.4, 0.5) is 4.39 Å². The van der Waals surface area contributed by atoms with Crippen molar-refractivity contribution in [2.24, 2.45) is 5.92 Å². The summed E-state index contributed by atoms with van der Waals surface area (Å²) in [7, 11) is 1.96. The van der Waals surface area contributed by atoms with Crippen LogP contribution in [-0.4, -0.2) is 37.5 Å². The van der Waals surface area contributed by atoms with Gasteiger partial charge in [-0.25, -0.2) is 4.39 Å². The van der Waals surface area contributed by atoms with Crippen LogP contribution in [0, 0.1) is 11.7 Å². The van der Waals surface area contributed by atoms with Crippen LogP contribution in [-0.2, 0) is 0 Å². The number of piperidine rings is 1. The van der Waals surface area contributed by atoms with Crippen LogP contribution >= 0.6 is 15.9 Å². The fourth-order valence-electron chi connectivity index (χ4n) is 2.63. The minimum Gasteiger partial charge on any atom is -0.339 e. The van der Waals surface area contributed by atoms with Crippen LogP contribution in [0.5, 0.6) is 0 Å². The van der Waals surface area contributed by atoms with Gasteiger partial charge in [0.1, 0.15) is 5.82 Å². The lowest BCUT2D eigenvalue weighted by atomic mass is 9.93. The third-order valence-electron chi connectivity index (χ3n) is 3.81. The molecule has 2 rings (SSSR count). The zero-order valence-corrected chi connectivity index (χ0v) is 13.2. The maximum absolute atomic E-state index is 13.3. The molecule has 1 saturated heterocycles. The second-order valence-corrected chi connectivity index (χ2v) is 6.20. The number of nitrogens with one attached hydrogen (secondary N) is 1. The fraction of sp³-hybridized carbons (Fsp3) is 0.533. The van der Waals surface area contributed by atoms with Gasteiger partial charge >= 0.3 is 0 Å². The van der Waals surface area contributed by atoms with Crippen LogP contribution in [0.25, 0.3) is 0 Å². The Morgan fingerprint density at radius 2 is 2.10 bits per heavy atom. The number of benzene rings is 1. The standard InChI is InChI=1S/C15H20BrFN2O/c1-18-5-2-11-3-6-19(7-4-11)15(20)12-8-13(16)10-14(17)9-12/h8-11,18H,2-7H2,1H3. The number of halogens is 2. The highest BCUT2D eigenvalue weighted by Crippen LogP contribution is 2.23. The maximum Gasteiger partial charge on any atom is 0.253 e. The first-order valence-corrected chi connectivity index (χ1v) is 7.79. The molecule has 0 aromatic heterocycles. The molecule has 0 spiro atoms. The minimum absolute atomic E-state index is 0.0720. The average Bonchev–Trinajstić information content (AvgIpc) is 2.44. The van der Waals surface area contributed by atoms with Gasteiger partial charge in [-0.2, -0.15) is 0 Å². The number of nitrogens with zero attached hydrogens (tertiary/aromatic N) is 1. The summed E-state index contributed by atoms with van der Waals surface area (Å²) in [5.41, 5.74) is 0.422. The topological polar surface area (TPSA) is 32.3 Å². The van der Waals surface area contributed by atoms with E-state index in [4.69, 9.17) is 0 Å². The Labute approximate surface area is 127 Å². The second kappa shape index (κ2) is 7.18. The first kappa shape index (κ1) is 15.4. The summed E-state index contributed by atoms with van der Waals surface area (Å²) in [4.78, 5) is 14.2. The van der Waals surface area contributed by atoms with E-state index in [0.717, 1.165) is 38.9 Å². The smallest absolute Gasteiger partial charge is 0.253 e. The normalized spacial score (nSPS) is 16.4. The van der Waals surface area contributed by atoms with E-state index in [2.05, 4.69) is 21.2 Å². The molecule has 110 valence electrons. The van der Waals surface area contributed by atoms with Crippen molar-refractivity contribution in [2.45, 2.75) is 19.3 Å². The van der Waals surface area contributed by atoms with Gasteiger partial charge in [-0.05, 0) is 57.0 Å². The van der Waals surface area contributed by atoms with Gasteiger partial charge in [0.15, 0.2) is 0 Å². The molecule has 5 heteroatoms. The largest absolute Gasteiger partial charge is 0.339 e. The number of amides is 1. The summed E-state index contributed by atoms with van der Waals surface area (Å²) in [6, 6.07) is 4.35. The maximum atomic E-state index is 13.3. The Morgan fingerprint density at radius 3 is 2.70 bits per heavy atom. The number of carbonyl (C=O) groups is 1. The fourth-order valence-corrected chi connectivity index (χ4v) is 3.10. The monoisotopic (exact) mass is 342 g/mol. The van der Waals surface area contributed by atoms with Crippen molar-refractivity contribution in [3.63, 3.8) is 0 Å². The predicted molar refractivity (Wildman–Crippen MR) is 81.3 cm³/mol. The molecule has 1 N–H and O–H groups in total. The summed E-state index contributed by atoms with van der Waals surface area (Å²) < 4.78 is 14.0. The van der Waals surface area contributed by atoms with Crippen LogP contribution < -0.4 is 5.32 Å². The Balaban J connectivity index is 1.94. The van der Waals surface area contributed by atoms with Crippen molar-refractivity contribution in [1.82, 2.24) is 10.2 Å². The molecule has 1 amide bonds. The summed E-state index contributed by atoms with van der Waals surface area (Å²) in [5.74, 6) is 0.231. The quantitative estimate of drug-likeness (QED) is 0.911. The molecule has 0 bridgehead atoms. The molecule has 20 heavy (non-hydrogen) atoms. The van der Waals surface area contributed by atoms with Gasteiger partial charge < -0.3 is 10.2 Å². The molecule has 0 saturated carbocycles. The Kier molecular flexibility index (Phi) is 5.54. The van der Waals surface area contributed by atoms with Gasteiger partial charge in [-0.1, -0.05) is 15.9 Å². The van der Waals surface area contributed by atoms with Gasteiger partial charge in [-0.15, -0.1) is 0 Å². The summed E-state index contributed by atoms with van der Waals surface area (Å²) in [6.45, 7) is 2.55. The lowest BCUT2D eigenvalue weighted by Crippen LogP contribution is -2.39. The third-order valence-corrected chi connectivity index (χ3v) is 4.27. The van der Waals surface area contributed by atoms with Crippen molar-refractivity contribution in [3.8, 4) is 0 Å². The summed E-state index contributed by atoms with van der Waals surface area (Å²) in [6.07, 6.45) is 3.22. The number of hydrogen-bond acceptors (Lipinski definition) is 2. The molecule has 0 atom stereocenters. The van der Waals surface area contributed by atoms with Crippen molar-refractivity contribution in [2.75, 3.05) is 26.7 Å². The Hall–Kier alpha value is -0.940. The number of rotatable bonds is 4. The molecule has 1 heterocycles. The van der Waals surface area contributed by atoms with E-state index in [9.17, 15) is 9.18 Å². The minimum atomic E-state index is -0.383. The van der Waals surface area contributed by atoms with E-state index < -0.39 is 0 Å². The molecule has 1 fully saturated rings. The Morgan fingerprint density at radius 1 is 1.40 bits per heavy atom. The average molecular weight is 343 g/mol. The molecular formula is C15H20BrFN2O. The van der Waals surface area contributed by atoms with Gasteiger partial charge in [0.25, 0.3) is 5.91 Å². The van der Waals surface area contributed by atoms with Crippen molar-refractivity contribution >= 4 is 21.8 Å². The first-order chi connectivity index (χ1) is 9.60. The lowest BCUT2D eigenvalue weighted by Gasteiger charge is -2.32. The van der Waals surface area contributed by atoms with Crippen molar-refractivity contribution in [1.29, 1.82) is 0 Å². The molecule has 3 nitrogen and oxygen atoms in total. The molecule has 1 aliphatic heterocycles. The van der Waals surface area contributed by atoms with Crippen LogP contribution in [0.15, 0.2) is 22.7 Å². The number of likely N-dealkylation sites (tertiary alicyclic amines) is 1. The summed E-state index contributed by atoms with van der Waals surface area (Å²) >= 11 is 3.23. The number of hydrogen-bond donors (Lipinski definition) is 1. The molecular weight excluding hydrogens is 323 g/mol. The molecule has 0 radical (unpaired) electrons. The highest BCUT2D eigenvalue weighted by molar-refractivity contribution is 9.10. The highest BCUT2D eigenvalue weighted by Gasteiger charge is 2.23. The SMILES string of the molecule is CNCCC1CCN(C(=O)c2cc(F)cc(Br)c2)CC1.